The topological polar surface area (TPSA) is 30.7 Å². The number of aryl methyl sites for hydroxylation is 1. The lowest BCUT2D eigenvalue weighted by Crippen LogP contribution is -2.07. The van der Waals surface area contributed by atoms with Gasteiger partial charge in [-0.1, -0.05) is 23.7 Å². The minimum absolute atomic E-state index is 0.272. The highest BCUT2D eigenvalue weighted by molar-refractivity contribution is 7.99. The fourth-order valence-corrected chi connectivity index (χ4v) is 5.06. The largest absolute Gasteiger partial charge is 0.433 e. The second-order valence-corrected chi connectivity index (χ2v) is 8.40. The minimum atomic E-state index is -4.50. The predicted octanol–water partition coefficient (Wildman–Crippen LogP) is 6.76. The van der Waals surface area contributed by atoms with Crippen LogP contribution in [0, 0.1) is 0 Å². The lowest BCUT2D eigenvalue weighted by atomic mass is 10.2. The zero-order valence-corrected chi connectivity index (χ0v) is 17.1. The molecule has 3 nitrogen and oxygen atoms in total. The number of halogens is 4. The number of pyridine rings is 1. The molecule has 4 rings (SSSR count). The van der Waals surface area contributed by atoms with E-state index in [1.807, 2.05) is 30.5 Å². The Kier molecular flexibility index (Phi) is 4.89. The van der Waals surface area contributed by atoms with Gasteiger partial charge in [0.15, 0.2) is 5.82 Å². The number of alkyl halides is 3. The van der Waals surface area contributed by atoms with Gasteiger partial charge >= 0.3 is 6.18 Å². The lowest BCUT2D eigenvalue weighted by molar-refractivity contribution is -0.141. The summed E-state index contributed by atoms with van der Waals surface area (Å²) in [6.07, 6.45) is -1.31. The van der Waals surface area contributed by atoms with E-state index in [-0.39, 0.29) is 5.52 Å². The molecule has 9 heteroatoms. The Morgan fingerprint density at radius 2 is 1.86 bits per heavy atom. The molecule has 4 aromatic rings. The fourth-order valence-electron chi connectivity index (χ4n) is 2.89. The second kappa shape index (κ2) is 7.09. The maximum absolute atomic E-state index is 13.0. The summed E-state index contributed by atoms with van der Waals surface area (Å²) in [5.74, 6) is 0.616. The van der Waals surface area contributed by atoms with E-state index >= 15 is 0 Å². The second-order valence-electron chi connectivity index (χ2n) is 6.07. The molecule has 1 aromatic carbocycles. The van der Waals surface area contributed by atoms with Crippen molar-refractivity contribution >= 4 is 45.7 Å². The summed E-state index contributed by atoms with van der Waals surface area (Å²) in [4.78, 5) is 11.0. The van der Waals surface area contributed by atoms with Crippen LogP contribution in [-0.4, -0.2) is 20.8 Å². The van der Waals surface area contributed by atoms with E-state index in [0.717, 1.165) is 26.3 Å². The predicted molar refractivity (Wildman–Crippen MR) is 109 cm³/mol. The smallest absolute Gasteiger partial charge is 0.325 e. The van der Waals surface area contributed by atoms with E-state index < -0.39 is 11.9 Å². The van der Waals surface area contributed by atoms with Crippen LogP contribution in [0.25, 0.3) is 32.2 Å². The van der Waals surface area contributed by atoms with Crippen molar-refractivity contribution in [1.29, 1.82) is 0 Å². The molecule has 28 heavy (non-hydrogen) atoms. The highest BCUT2D eigenvalue weighted by Crippen LogP contribution is 2.43. The van der Waals surface area contributed by atoms with Crippen LogP contribution in [0.5, 0.6) is 0 Å². The van der Waals surface area contributed by atoms with E-state index in [1.54, 1.807) is 34.7 Å². The Morgan fingerprint density at radius 3 is 2.50 bits per heavy atom. The third-order valence-electron chi connectivity index (χ3n) is 4.31. The molecule has 0 radical (unpaired) electrons. The molecule has 0 fully saturated rings. The Morgan fingerprint density at radius 1 is 1.14 bits per heavy atom. The number of imidazole rings is 1. The van der Waals surface area contributed by atoms with Gasteiger partial charge in [0, 0.05) is 21.8 Å². The summed E-state index contributed by atoms with van der Waals surface area (Å²) in [7, 11) is 1.78. The van der Waals surface area contributed by atoms with Crippen molar-refractivity contribution in [2.24, 2.45) is 7.05 Å². The summed E-state index contributed by atoms with van der Waals surface area (Å²) < 4.78 is 40.7. The van der Waals surface area contributed by atoms with Crippen LogP contribution in [-0.2, 0) is 13.2 Å². The van der Waals surface area contributed by atoms with Crippen LogP contribution in [0.3, 0.4) is 0 Å². The number of fused-ring (bicyclic) bond motifs is 1. The quantitative estimate of drug-likeness (QED) is 0.330. The normalized spacial score (nSPS) is 12.1. The first-order chi connectivity index (χ1) is 13.3. The molecule has 0 atom stereocenters. The minimum Gasteiger partial charge on any atom is -0.325 e. The summed E-state index contributed by atoms with van der Waals surface area (Å²) in [5.41, 5.74) is 0.906. The monoisotopic (exact) mass is 439 g/mol. The maximum atomic E-state index is 13.0. The number of hydrogen-bond acceptors (Lipinski definition) is 4. The van der Waals surface area contributed by atoms with Gasteiger partial charge in [-0.25, -0.2) is 9.97 Å². The molecule has 0 spiro atoms. The summed E-state index contributed by atoms with van der Waals surface area (Å²) in [6, 6.07) is 10.6. The van der Waals surface area contributed by atoms with Gasteiger partial charge in [0.2, 0.25) is 0 Å². The van der Waals surface area contributed by atoms with Crippen LogP contribution in [0.1, 0.15) is 5.69 Å². The number of hydrogen-bond donors (Lipinski definition) is 0. The molecule has 144 valence electrons. The van der Waals surface area contributed by atoms with Crippen molar-refractivity contribution in [1.82, 2.24) is 14.5 Å². The van der Waals surface area contributed by atoms with Gasteiger partial charge in [-0.2, -0.15) is 13.2 Å². The standard InChI is InChI=1S/C19H13ClF3N3S2/c1-26-13-9-24-16(19(21,22)23)7-12(13)25-18(26)17-15(27-2)8-14(28-17)10-3-5-11(20)6-4-10/h3-9H,1-2H3. The molecule has 0 N–H and O–H groups in total. The van der Waals surface area contributed by atoms with Crippen LogP contribution >= 0.6 is 34.7 Å². The number of rotatable bonds is 3. The first-order valence-electron chi connectivity index (χ1n) is 8.11. The summed E-state index contributed by atoms with van der Waals surface area (Å²) in [5, 5.41) is 0.661. The zero-order valence-electron chi connectivity index (χ0n) is 14.7. The third kappa shape index (κ3) is 3.40. The number of nitrogens with zero attached hydrogens (tertiary/aromatic N) is 3. The van der Waals surface area contributed by atoms with E-state index in [0.29, 0.717) is 16.4 Å². The highest BCUT2D eigenvalue weighted by atomic mass is 35.5. The number of benzene rings is 1. The maximum Gasteiger partial charge on any atom is 0.433 e. The fraction of sp³-hybridized carbons (Fsp3) is 0.158. The SMILES string of the molecule is CSc1cc(-c2ccc(Cl)cc2)sc1-c1nc2cc(C(F)(F)F)ncc2n1C. The van der Waals surface area contributed by atoms with Crippen molar-refractivity contribution in [2.75, 3.05) is 6.26 Å². The number of thioether (sulfide) groups is 1. The zero-order chi connectivity index (χ0) is 20.1. The van der Waals surface area contributed by atoms with Crippen LogP contribution < -0.4 is 0 Å². The van der Waals surface area contributed by atoms with Gasteiger partial charge in [-0.15, -0.1) is 23.1 Å². The Hall–Kier alpha value is -2.03. The molecule has 0 unspecified atom stereocenters. The summed E-state index contributed by atoms with van der Waals surface area (Å²) >= 11 is 9.09. The number of thiophene rings is 1. The van der Waals surface area contributed by atoms with Gasteiger partial charge < -0.3 is 4.57 Å². The van der Waals surface area contributed by atoms with Crippen molar-refractivity contribution in [3.05, 3.63) is 53.3 Å². The Bertz CT molecular complexity index is 1160. The van der Waals surface area contributed by atoms with Crippen molar-refractivity contribution in [3.8, 4) is 21.1 Å². The molecule has 3 heterocycles. The van der Waals surface area contributed by atoms with E-state index in [2.05, 4.69) is 16.0 Å². The van der Waals surface area contributed by atoms with E-state index in [1.165, 1.54) is 6.20 Å². The van der Waals surface area contributed by atoms with Crippen molar-refractivity contribution in [3.63, 3.8) is 0 Å². The molecule has 0 bridgehead atoms. The van der Waals surface area contributed by atoms with Gasteiger partial charge in [-0.05, 0) is 36.1 Å². The average Bonchev–Trinajstić information content (AvgIpc) is 3.22. The number of aromatic nitrogens is 3. The average molecular weight is 440 g/mol. The van der Waals surface area contributed by atoms with Crippen molar-refractivity contribution in [2.45, 2.75) is 11.1 Å². The molecule has 0 amide bonds. The highest BCUT2D eigenvalue weighted by Gasteiger charge is 2.33. The molecular weight excluding hydrogens is 427 g/mol. The molecule has 0 aliphatic heterocycles. The molecule has 3 aromatic heterocycles. The molecule has 0 aliphatic rings. The van der Waals surface area contributed by atoms with Crippen LogP contribution in [0.2, 0.25) is 5.02 Å². The lowest BCUT2D eigenvalue weighted by Gasteiger charge is -2.04. The summed E-state index contributed by atoms with van der Waals surface area (Å²) in [6.45, 7) is 0. The van der Waals surface area contributed by atoms with E-state index in [4.69, 9.17) is 11.6 Å². The van der Waals surface area contributed by atoms with Gasteiger partial charge in [0.25, 0.3) is 0 Å². The molecule has 0 aliphatic carbocycles. The first kappa shape index (κ1) is 19.3. The molecule has 0 saturated carbocycles. The van der Waals surface area contributed by atoms with Gasteiger partial charge in [0.1, 0.15) is 5.69 Å². The first-order valence-corrected chi connectivity index (χ1v) is 10.5. The Balaban J connectivity index is 1.85. The Labute approximate surface area is 172 Å². The molecular formula is C19H13ClF3N3S2. The van der Waals surface area contributed by atoms with Crippen molar-refractivity contribution < 1.29 is 13.2 Å². The third-order valence-corrected chi connectivity index (χ3v) is 6.63. The van der Waals surface area contributed by atoms with Crippen LogP contribution in [0.15, 0.2) is 47.5 Å². The molecule has 0 saturated heterocycles. The van der Waals surface area contributed by atoms with Crippen LogP contribution in [0.4, 0.5) is 13.2 Å². The van der Waals surface area contributed by atoms with Gasteiger partial charge in [0.05, 0.1) is 22.1 Å². The van der Waals surface area contributed by atoms with Gasteiger partial charge in [-0.3, -0.25) is 0 Å². The van der Waals surface area contributed by atoms with E-state index in [9.17, 15) is 13.2 Å².